The van der Waals surface area contributed by atoms with Crippen molar-refractivity contribution >= 4 is 23.3 Å². The number of nitrogen functional groups attached to an aromatic ring is 1. The van der Waals surface area contributed by atoms with Gasteiger partial charge in [-0.1, -0.05) is 29.8 Å². The van der Waals surface area contributed by atoms with E-state index in [-0.39, 0.29) is 22.7 Å². The number of nitrogens with one attached hydrogen (secondary N) is 1. The van der Waals surface area contributed by atoms with Crippen molar-refractivity contribution in [2.24, 2.45) is 5.73 Å². The number of nitrogens with two attached hydrogens (primary N) is 1. The number of hydrogen-bond donors (Lipinski definition) is 2. The van der Waals surface area contributed by atoms with Gasteiger partial charge in [-0.3, -0.25) is 5.41 Å². The van der Waals surface area contributed by atoms with Crippen molar-refractivity contribution in [1.82, 2.24) is 4.98 Å². The first-order chi connectivity index (χ1) is 9.93. The van der Waals surface area contributed by atoms with E-state index in [9.17, 15) is 4.39 Å². The third-order valence-corrected chi connectivity index (χ3v) is 3.80. The quantitative estimate of drug-likeness (QED) is 0.672. The van der Waals surface area contributed by atoms with Gasteiger partial charge in [-0.05, 0) is 19.1 Å². The van der Waals surface area contributed by atoms with E-state index in [4.69, 9.17) is 22.7 Å². The molecule has 0 amide bonds. The molecule has 0 saturated heterocycles. The molecule has 110 valence electrons. The van der Waals surface area contributed by atoms with Gasteiger partial charge in [-0.25, -0.2) is 9.37 Å². The molecule has 4 nitrogen and oxygen atoms in total. The van der Waals surface area contributed by atoms with Crippen molar-refractivity contribution in [3.8, 4) is 0 Å². The summed E-state index contributed by atoms with van der Waals surface area (Å²) in [7, 11) is 1.77. The molecule has 2 aromatic rings. The summed E-state index contributed by atoms with van der Waals surface area (Å²) < 4.78 is 13.9. The molecular formula is C15H16ClFN4. The third kappa shape index (κ3) is 2.97. The number of aromatic nitrogens is 1. The Balaban J connectivity index is 2.41. The van der Waals surface area contributed by atoms with Crippen molar-refractivity contribution in [3.63, 3.8) is 0 Å². The minimum absolute atomic E-state index is 0.129. The standard InChI is InChI=1S/C15H16ClFN4/c1-9(10-5-3-4-6-12(10)17)21(2)15-13(16)11(14(18)19)7-8-20-15/h3-9H,1-2H3,(H3,18,19). The van der Waals surface area contributed by atoms with E-state index in [2.05, 4.69) is 4.98 Å². The molecule has 0 radical (unpaired) electrons. The van der Waals surface area contributed by atoms with Gasteiger partial charge in [0, 0.05) is 24.4 Å². The molecule has 2 rings (SSSR count). The summed E-state index contributed by atoms with van der Waals surface area (Å²) in [5.74, 6) is 0.0476. The van der Waals surface area contributed by atoms with Crippen LogP contribution in [0.3, 0.4) is 0 Å². The van der Waals surface area contributed by atoms with Crippen LogP contribution in [0.1, 0.15) is 24.1 Å². The first-order valence-electron chi connectivity index (χ1n) is 6.39. The SMILES string of the molecule is CC(c1ccccc1F)N(C)c1nccc(C(=N)N)c1Cl. The molecule has 1 aromatic carbocycles. The monoisotopic (exact) mass is 306 g/mol. The van der Waals surface area contributed by atoms with Gasteiger partial charge in [0.1, 0.15) is 17.5 Å². The Kier molecular flexibility index (Phi) is 4.43. The van der Waals surface area contributed by atoms with Crippen LogP contribution < -0.4 is 10.6 Å². The summed E-state index contributed by atoms with van der Waals surface area (Å²) >= 11 is 6.25. The molecule has 0 fully saturated rings. The van der Waals surface area contributed by atoms with Crippen LogP contribution >= 0.6 is 11.6 Å². The molecular weight excluding hydrogens is 291 g/mol. The lowest BCUT2D eigenvalue weighted by Crippen LogP contribution is -2.25. The molecule has 0 spiro atoms. The predicted molar refractivity (Wildman–Crippen MR) is 83.5 cm³/mol. The van der Waals surface area contributed by atoms with Crippen molar-refractivity contribution in [2.45, 2.75) is 13.0 Å². The second-order valence-corrected chi connectivity index (χ2v) is 5.10. The smallest absolute Gasteiger partial charge is 0.148 e. The maximum atomic E-state index is 13.9. The number of nitrogens with zero attached hydrogens (tertiary/aromatic N) is 2. The van der Waals surface area contributed by atoms with Crippen molar-refractivity contribution in [2.75, 3.05) is 11.9 Å². The lowest BCUT2D eigenvalue weighted by Gasteiger charge is -2.27. The van der Waals surface area contributed by atoms with Gasteiger partial charge in [0.2, 0.25) is 0 Å². The van der Waals surface area contributed by atoms with Crippen LogP contribution in [-0.4, -0.2) is 17.9 Å². The lowest BCUT2D eigenvalue weighted by molar-refractivity contribution is 0.584. The number of benzene rings is 1. The second kappa shape index (κ2) is 6.10. The molecule has 1 atom stereocenters. The molecule has 1 unspecified atom stereocenters. The number of rotatable bonds is 4. The van der Waals surface area contributed by atoms with Crippen LogP contribution in [0.15, 0.2) is 36.5 Å². The zero-order valence-corrected chi connectivity index (χ0v) is 12.5. The van der Waals surface area contributed by atoms with Crippen molar-refractivity contribution < 1.29 is 4.39 Å². The van der Waals surface area contributed by atoms with E-state index < -0.39 is 0 Å². The van der Waals surface area contributed by atoms with Gasteiger partial charge in [-0.15, -0.1) is 0 Å². The summed E-state index contributed by atoms with van der Waals surface area (Å²) in [6.07, 6.45) is 1.53. The van der Waals surface area contributed by atoms with E-state index >= 15 is 0 Å². The van der Waals surface area contributed by atoms with E-state index in [1.807, 2.05) is 6.92 Å². The van der Waals surface area contributed by atoms with Gasteiger partial charge >= 0.3 is 0 Å². The summed E-state index contributed by atoms with van der Waals surface area (Å²) in [6, 6.07) is 7.88. The van der Waals surface area contributed by atoms with Crippen LogP contribution in [-0.2, 0) is 0 Å². The zero-order valence-electron chi connectivity index (χ0n) is 11.8. The summed E-state index contributed by atoms with van der Waals surface area (Å²) in [4.78, 5) is 5.97. The van der Waals surface area contributed by atoms with Crippen molar-refractivity contribution in [1.29, 1.82) is 5.41 Å². The maximum absolute atomic E-state index is 13.9. The Morgan fingerprint density at radius 3 is 2.67 bits per heavy atom. The highest BCUT2D eigenvalue weighted by Gasteiger charge is 2.20. The van der Waals surface area contributed by atoms with Gasteiger partial charge < -0.3 is 10.6 Å². The normalized spacial score (nSPS) is 12.0. The fourth-order valence-electron chi connectivity index (χ4n) is 2.09. The highest BCUT2D eigenvalue weighted by Crippen LogP contribution is 2.32. The van der Waals surface area contributed by atoms with Crippen LogP contribution in [0.4, 0.5) is 10.2 Å². The molecule has 6 heteroatoms. The first kappa shape index (κ1) is 15.3. The number of anilines is 1. The largest absolute Gasteiger partial charge is 0.384 e. The summed E-state index contributed by atoms with van der Waals surface area (Å²) in [6.45, 7) is 1.86. The number of amidine groups is 1. The Labute approximate surface area is 127 Å². The molecule has 0 aliphatic carbocycles. The van der Waals surface area contributed by atoms with E-state index in [1.165, 1.54) is 12.3 Å². The summed E-state index contributed by atoms with van der Waals surface area (Å²) in [5, 5.41) is 7.79. The van der Waals surface area contributed by atoms with E-state index in [0.717, 1.165) is 0 Å². The van der Waals surface area contributed by atoms with Crippen LogP contribution in [0.2, 0.25) is 5.02 Å². The van der Waals surface area contributed by atoms with Gasteiger partial charge in [0.05, 0.1) is 11.1 Å². The number of halogens is 2. The third-order valence-electron chi connectivity index (χ3n) is 3.43. The Morgan fingerprint density at radius 2 is 2.05 bits per heavy atom. The Morgan fingerprint density at radius 1 is 1.38 bits per heavy atom. The molecule has 0 aliphatic heterocycles. The van der Waals surface area contributed by atoms with Crippen LogP contribution in [0, 0.1) is 11.2 Å². The first-order valence-corrected chi connectivity index (χ1v) is 6.77. The van der Waals surface area contributed by atoms with Gasteiger partial charge in [0.15, 0.2) is 0 Å². The molecule has 0 saturated carbocycles. The highest BCUT2D eigenvalue weighted by atomic mass is 35.5. The second-order valence-electron chi connectivity index (χ2n) is 4.72. The maximum Gasteiger partial charge on any atom is 0.148 e. The van der Waals surface area contributed by atoms with Gasteiger partial charge in [-0.2, -0.15) is 0 Å². The van der Waals surface area contributed by atoms with Crippen molar-refractivity contribution in [3.05, 3.63) is 58.5 Å². The Hall–Kier alpha value is -2.14. The average Bonchev–Trinajstić information content (AvgIpc) is 2.46. The minimum atomic E-state index is -0.282. The topological polar surface area (TPSA) is 66.0 Å². The molecule has 21 heavy (non-hydrogen) atoms. The molecule has 0 aliphatic rings. The predicted octanol–water partition coefficient (Wildman–Crippen LogP) is 3.36. The van der Waals surface area contributed by atoms with E-state index in [1.54, 1.807) is 36.2 Å². The molecule has 1 aromatic heterocycles. The molecule has 1 heterocycles. The number of hydrogen-bond acceptors (Lipinski definition) is 3. The highest BCUT2D eigenvalue weighted by molar-refractivity contribution is 6.36. The van der Waals surface area contributed by atoms with E-state index in [0.29, 0.717) is 16.9 Å². The molecule has 3 N–H and O–H groups in total. The van der Waals surface area contributed by atoms with Crippen LogP contribution in [0.25, 0.3) is 0 Å². The fraction of sp³-hybridized carbons (Fsp3) is 0.200. The van der Waals surface area contributed by atoms with Gasteiger partial charge in [0.25, 0.3) is 0 Å². The lowest BCUT2D eigenvalue weighted by atomic mass is 10.1. The minimum Gasteiger partial charge on any atom is -0.384 e. The Bertz CT molecular complexity index is 674. The molecule has 0 bridgehead atoms. The number of pyridine rings is 1. The summed E-state index contributed by atoms with van der Waals surface area (Å²) in [5.41, 5.74) is 6.45. The average molecular weight is 307 g/mol. The van der Waals surface area contributed by atoms with Crippen LogP contribution in [0.5, 0.6) is 0 Å². The zero-order chi connectivity index (χ0) is 15.6. The fourth-order valence-corrected chi connectivity index (χ4v) is 2.44.